The van der Waals surface area contributed by atoms with Crippen LogP contribution in [0.15, 0.2) is 22.9 Å². The number of rotatable bonds is 2. The lowest BCUT2D eigenvalue weighted by Gasteiger charge is -2.30. The number of nitriles is 1. The van der Waals surface area contributed by atoms with E-state index in [9.17, 15) is 5.26 Å². The summed E-state index contributed by atoms with van der Waals surface area (Å²) in [6.45, 7) is 0. The van der Waals surface area contributed by atoms with Crippen LogP contribution in [0.1, 0.15) is 37.7 Å². The van der Waals surface area contributed by atoms with Gasteiger partial charge in [-0.1, -0.05) is 35.2 Å². The van der Waals surface area contributed by atoms with E-state index in [1.54, 1.807) is 6.20 Å². The van der Waals surface area contributed by atoms with Crippen molar-refractivity contribution in [1.82, 2.24) is 4.98 Å². The molecule has 1 aromatic heterocycles. The van der Waals surface area contributed by atoms with E-state index >= 15 is 0 Å². The molecule has 2 nitrogen and oxygen atoms in total. The summed E-state index contributed by atoms with van der Waals surface area (Å²) in [5.41, 5.74) is 1.01. The monoisotopic (exact) mass is 278 g/mol. The third-order valence-electron chi connectivity index (χ3n) is 3.42. The first-order valence-electron chi connectivity index (χ1n) is 5.75. The standard InChI is InChI=1S/C13H15BrN2/c14-12-4-7-16-9-11(12)8-13(10-15)5-2-1-3-6-13/h4,7,9H,1-3,5-6,8H2. The van der Waals surface area contributed by atoms with E-state index in [-0.39, 0.29) is 5.41 Å². The lowest BCUT2D eigenvalue weighted by molar-refractivity contribution is 0.265. The van der Waals surface area contributed by atoms with Crippen molar-refractivity contribution in [3.05, 3.63) is 28.5 Å². The Bertz CT molecular complexity index is 403. The largest absolute Gasteiger partial charge is 0.264 e. The van der Waals surface area contributed by atoms with Crippen LogP contribution in [-0.2, 0) is 6.42 Å². The quantitative estimate of drug-likeness (QED) is 0.824. The summed E-state index contributed by atoms with van der Waals surface area (Å²) in [4.78, 5) is 4.14. The van der Waals surface area contributed by atoms with Crippen molar-refractivity contribution in [2.45, 2.75) is 38.5 Å². The molecule has 1 fully saturated rings. The van der Waals surface area contributed by atoms with E-state index in [1.807, 2.05) is 12.3 Å². The first-order chi connectivity index (χ1) is 7.76. The zero-order valence-corrected chi connectivity index (χ0v) is 10.8. The lowest BCUT2D eigenvalue weighted by Crippen LogP contribution is -2.25. The molecule has 0 spiro atoms. The highest BCUT2D eigenvalue weighted by Crippen LogP contribution is 2.39. The molecule has 0 unspecified atom stereocenters. The molecule has 0 bridgehead atoms. The maximum absolute atomic E-state index is 9.41. The predicted molar refractivity (Wildman–Crippen MR) is 66.8 cm³/mol. The molecule has 1 saturated carbocycles. The van der Waals surface area contributed by atoms with Crippen LogP contribution < -0.4 is 0 Å². The number of pyridine rings is 1. The van der Waals surface area contributed by atoms with Gasteiger partial charge in [-0.25, -0.2) is 0 Å². The molecule has 1 aromatic rings. The van der Waals surface area contributed by atoms with Gasteiger partial charge in [-0.3, -0.25) is 4.98 Å². The van der Waals surface area contributed by atoms with Gasteiger partial charge in [0, 0.05) is 16.9 Å². The Kier molecular flexibility index (Phi) is 3.60. The molecule has 1 aliphatic carbocycles. The van der Waals surface area contributed by atoms with Gasteiger partial charge in [0.2, 0.25) is 0 Å². The lowest BCUT2D eigenvalue weighted by atomic mass is 9.72. The van der Waals surface area contributed by atoms with Crippen molar-refractivity contribution >= 4 is 15.9 Å². The highest BCUT2D eigenvalue weighted by molar-refractivity contribution is 9.10. The summed E-state index contributed by atoms with van der Waals surface area (Å²) in [5.74, 6) is 0. The fourth-order valence-electron chi connectivity index (χ4n) is 2.46. The van der Waals surface area contributed by atoms with Crippen LogP contribution in [0.5, 0.6) is 0 Å². The highest BCUT2D eigenvalue weighted by atomic mass is 79.9. The zero-order chi connectivity index (χ0) is 11.4. The number of halogens is 1. The van der Waals surface area contributed by atoms with Gasteiger partial charge in [0.25, 0.3) is 0 Å². The zero-order valence-electron chi connectivity index (χ0n) is 9.25. The molecular formula is C13H15BrN2. The summed E-state index contributed by atoms with van der Waals surface area (Å²) < 4.78 is 1.07. The van der Waals surface area contributed by atoms with Gasteiger partial charge in [0.1, 0.15) is 0 Å². The summed E-state index contributed by atoms with van der Waals surface area (Å²) in [6, 6.07) is 4.49. The first-order valence-corrected chi connectivity index (χ1v) is 6.55. The van der Waals surface area contributed by atoms with Crippen LogP contribution in [0.4, 0.5) is 0 Å². The third-order valence-corrected chi connectivity index (χ3v) is 4.19. The Morgan fingerprint density at radius 2 is 2.12 bits per heavy atom. The number of hydrogen-bond donors (Lipinski definition) is 0. The second kappa shape index (κ2) is 4.97. The van der Waals surface area contributed by atoms with Crippen molar-refractivity contribution in [1.29, 1.82) is 5.26 Å². The molecule has 0 N–H and O–H groups in total. The van der Waals surface area contributed by atoms with Gasteiger partial charge in [-0.15, -0.1) is 0 Å². The van der Waals surface area contributed by atoms with Crippen molar-refractivity contribution in [2.24, 2.45) is 5.41 Å². The van der Waals surface area contributed by atoms with Gasteiger partial charge in [-0.05, 0) is 30.9 Å². The summed E-state index contributed by atoms with van der Waals surface area (Å²) in [6.07, 6.45) is 10.2. The number of hydrogen-bond acceptors (Lipinski definition) is 2. The second-order valence-corrected chi connectivity index (χ2v) is 5.45. The Balaban J connectivity index is 2.19. The Hall–Kier alpha value is -0.880. The van der Waals surface area contributed by atoms with E-state index in [0.717, 1.165) is 29.3 Å². The smallest absolute Gasteiger partial charge is 0.0693 e. The van der Waals surface area contributed by atoms with Crippen LogP contribution in [0.2, 0.25) is 0 Å². The molecule has 2 rings (SSSR count). The van der Waals surface area contributed by atoms with Crippen molar-refractivity contribution in [2.75, 3.05) is 0 Å². The van der Waals surface area contributed by atoms with E-state index in [0.29, 0.717) is 0 Å². The minimum absolute atomic E-state index is 0.149. The Morgan fingerprint density at radius 1 is 1.38 bits per heavy atom. The third kappa shape index (κ3) is 2.44. The second-order valence-electron chi connectivity index (χ2n) is 4.60. The molecule has 3 heteroatoms. The molecule has 0 atom stereocenters. The fourth-order valence-corrected chi connectivity index (χ4v) is 2.82. The Labute approximate surface area is 105 Å². The molecular weight excluding hydrogens is 264 g/mol. The topological polar surface area (TPSA) is 36.7 Å². The average Bonchev–Trinajstić information content (AvgIpc) is 2.33. The molecule has 16 heavy (non-hydrogen) atoms. The minimum Gasteiger partial charge on any atom is -0.264 e. The highest BCUT2D eigenvalue weighted by Gasteiger charge is 2.32. The van der Waals surface area contributed by atoms with Crippen LogP contribution >= 0.6 is 15.9 Å². The fraction of sp³-hybridized carbons (Fsp3) is 0.538. The van der Waals surface area contributed by atoms with Gasteiger partial charge in [0.15, 0.2) is 0 Å². The maximum atomic E-state index is 9.41. The van der Waals surface area contributed by atoms with Gasteiger partial charge in [0.05, 0.1) is 11.5 Å². The van der Waals surface area contributed by atoms with Crippen LogP contribution in [0.3, 0.4) is 0 Å². The molecule has 0 radical (unpaired) electrons. The summed E-state index contributed by atoms with van der Waals surface area (Å²) >= 11 is 3.53. The number of nitrogens with zero attached hydrogens (tertiary/aromatic N) is 2. The predicted octanol–water partition coefficient (Wildman–Crippen LogP) is 3.86. The van der Waals surface area contributed by atoms with Gasteiger partial charge in [-0.2, -0.15) is 5.26 Å². The van der Waals surface area contributed by atoms with E-state index < -0.39 is 0 Å². The van der Waals surface area contributed by atoms with Crippen molar-refractivity contribution in [3.8, 4) is 6.07 Å². The van der Waals surface area contributed by atoms with Crippen molar-refractivity contribution < 1.29 is 0 Å². The van der Waals surface area contributed by atoms with Crippen molar-refractivity contribution in [3.63, 3.8) is 0 Å². The molecule has 1 heterocycles. The summed E-state index contributed by atoms with van der Waals surface area (Å²) in [5, 5.41) is 9.41. The van der Waals surface area contributed by atoms with Crippen LogP contribution in [0.25, 0.3) is 0 Å². The molecule has 1 aliphatic rings. The molecule has 0 aliphatic heterocycles. The number of aromatic nitrogens is 1. The molecule has 0 amide bonds. The molecule has 0 aromatic carbocycles. The van der Waals surface area contributed by atoms with Gasteiger partial charge < -0.3 is 0 Å². The van der Waals surface area contributed by atoms with Crippen LogP contribution in [-0.4, -0.2) is 4.98 Å². The normalized spacial score (nSPS) is 19.0. The minimum atomic E-state index is -0.149. The van der Waals surface area contributed by atoms with Crippen LogP contribution in [0, 0.1) is 16.7 Å². The molecule has 84 valence electrons. The van der Waals surface area contributed by atoms with E-state index in [4.69, 9.17) is 0 Å². The van der Waals surface area contributed by atoms with Gasteiger partial charge >= 0.3 is 0 Å². The maximum Gasteiger partial charge on any atom is 0.0693 e. The SMILES string of the molecule is N#CC1(Cc2cnccc2Br)CCCCC1. The average molecular weight is 279 g/mol. The summed E-state index contributed by atoms with van der Waals surface area (Å²) in [7, 11) is 0. The molecule has 0 saturated heterocycles. The van der Waals surface area contributed by atoms with E-state index in [1.165, 1.54) is 19.3 Å². The Morgan fingerprint density at radius 3 is 2.75 bits per heavy atom. The first kappa shape index (κ1) is 11.6. The van der Waals surface area contributed by atoms with E-state index in [2.05, 4.69) is 27.0 Å².